The van der Waals surface area contributed by atoms with Crippen molar-refractivity contribution in [3.63, 3.8) is 0 Å². The molecule has 0 saturated carbocycles. The first-order valence-electron chi connectivity index (χ1n) is 8.19. The Hall–Kier alpha value is -1.31. The highest BCUT2D eigenvalue weighted by Crippen LogP contribution is 2.31. The SMILES string of the molecule is CCC[C@@H](C)N(CCCl)C(c1ccccc1)c1ccccc1. The van der Waals surface area contributed by atoms with Crippen molar-refractivity contribution in [3.05, 3.63) is 71.8 Å². The monoisotopic (exact) mass is 315 g/mol. The Labute approximate surface area is 139 Å². The Morgan fingerprint density at radius 2 is 1.41 bits per heavy atom. The summed E-state index contributed by atoms with van der Waals surface area (Å²) in [6, 6.07) is 22.3. The van der Waals surface area contributed by atoms with Gasteiger partial charge in [0, 0.05) is 18.5 Å². The molecule has 118 valence electrons. The van der Waals surface area contributed by atoms with E-state index in [0.717, 1.165) is 6.54 Å². The van der Waals surface area contributed by atoms with Crippen LogP contribution in [0, 0.1) is 0 Å². The maximum absolute atomic E-state index is 6.12. The zero-order valence-corrected chi connectivity index (χ0v) is 14.3. The van der Waals surface area contributed by atoms with Gasteiger partial charge in [-0.3, -0.25) is 4.90 Å². The van der Waals surface area contributed by atoms with Crippen molar-refractivity contribution in [2.24, 2.45) is 0 Å². The summed E-state index contributed by atoms with van der Waals surface area (Å²) in [6.45, 7) is 5.46. The molecule has 0 fully saturated rings. The number of alkyl halides is 1. The number of hydrogen-bond donors (Lipinski definition) is 0. The largest absolute Gasteiger partial charge is 0.288 e. The van der Waals surface area contributed by atoms with E-state index < -0.39 is 0 Å². The number of hydrogen-bond acceptors (Lipinski definition) is 1. The summed E-state index contributed by atoms with van der Waals surface area (Å²) in [5.74, 6) is 0.657. The first kappa shape index (κ1) is 17.1. The van der Waals surface area contributed by atoms with E-state index in [1.165, 1.54) is 24.0 Å². The average molecular weight is 316 g/mol. The predicted molar refractivity (Wildman–Crippen MR) is 96.5 cm³/mol. The second-order valence-electron chi connectivity index (χ2n) is 5.79. The maximum Gasteiger partial charge on any atom is 0.0604 e. The van der Waals surface area contributed by atoms with E-state index >= 15 is 0 Å². The third kappa shape index (κ3) is 4.34. The van der Waals surface area contributed by atoms with E-state index in [2.05, 4.69) is 79.4 Å². The first-order valence-corrected chi connectivity index (χ1v) is 8.73. The van der Waals surface area contributed by atoms with Gasteiger partial charge in [-0.25, -0.2) is 0 Å². The zero-order chi connectivity index (χ0) is 15.8. The Morgan fingerprint density at radius 3 is 1.82 bits per heavy atom. The molecule has 0 aliphatic heterocycles. The fourth-order valence-electron chi connectivity index (χ4n) is 3.13. The predicted octanol–water partition coefficient (Wildman–Crippen LogP) is 5.51. The molecule has 0 bridgehead atoms. The van der Waals surface area contributed by atoms with Crippen LogP contribution in [0.1, 0.15) is 43.9 Å². The number of rotatable bonds is 8. The molecule has 2 rings (SSSR count). The van der Waals surface area contributed by atoms with Crippen molar-refractivity contribution in [2.75, 3.05) is 12.4 Å². The van der Waals surface area contributed by atoms with Crippen LogP contribution in [0.3, 0.4) is 0 Å². The van der Waals surface area contributed by atoms with Crippen LogP contribution in [-0.2, 0) is 0 Å². The Bertz CT molecular complexity index is 486. The molecular weight excluding hydrogens is 290 g/mol. The minimum atomic E-state index is 0.266. The average Bonchev–Trinajstić information content (AvgIpc) is 2.56. The molecular formula is C20H26ClN. The molecule has 0 heterocycles. The second-order valence-corrected chi connectivity index (χ2v) is 6.17. The van der Waals surface area contributed by atoms with Gasteiger partial charge >= 0.3 is 0 Å². The first-order chi connectivity index (χ1) is 10.8. The molecule has 22 heavy (non-hydrogen) atoms. The van der Waals surface area contributed by atoms with Crippen LogP contribution in [0.5, 0.6) is 0 Å². The van der Waals surface area contributed by atoms with E-state index in [1.807, 2.05) is 0 Å². The van der Waals surface area contributed by atoms with Crippen molar-refractivity contribution in [2.45, 2.75) is 38.8 Å². The van der Waals surface area contributed by atoms with Crippen molar-refractivity contribution < 1.29 is 0 Å². The molecule has 0 aliphatic carbocycles. The van der Waals surface area contributed by atoms with Crippen molar-refractivity contribution >= 4 is 11.6 Å². The van der Waals surface area contributed by atoms with Crippen molar-refractivity contribution in [1.29, 1.82) is 0 Å². The van der Waals surface area contributed by atoms with Crippen LogP contribution in [0.4, 0.5) is 0 Å². The molecule has 0 unspecified atom stereocenters. The van der Waals surface area contributed by atoms with E-state index in [1.54, 1.807) is 0 Å². The number of benzene rings is 2. The molecule has 0 radical (unpaired) electrons. The molecule has 0 aliphatic rings. The lowest BCUT2D eigenvalue weighted by Gasteiger charge is -2.37. The fourth-order valence-corrected chi connectivity index (χ4v) is 3.33. The molecule has 2 aromatic carbocycles. The lowest BCUT2D eigenvalue weighted by Crippen LogP contribution is -2.38. The fraction of sp³-hybridized carbons (Fsp3) is 0.400. The van der Waals surface area contributed by atoms with E-state index in [0.29, 0.717) is 11.9 Å². The molecule has 2 heteroatoms. The van der Waals surface area contributed by atoms with Crippen LogP contribution in [0.15, 0.2) is 60.7 Å². The summed E-state index contributed by atoms with van der Waals surface area (Å²) in [5, 5.41) is 0. The Balaban J connectivity index is 2.41. The summed E-state index contributed by atoms with van der Waals surface area (Å²) in [7, 11) is 0. The molecule has 0 N–H and O–H groups in total. The van der Waals surface area contributed by atoms with E-state index in [9.17, 15) is 0 Å². The molecule has 0 aromatic heterocycles. The highest BCUT2D eigenvalue weighted by Gasteiger charge is 2.25. The second kappa shape index (κ2) is 8.97. The third-order valence-corrected chi connectivity index (χ3v) is 4.35. The standard InChI is InChI=1S/C20H26ClN/c1-3-10-17(2)22(16-15-21)20(18-11-6-4-7-12-18)19-13-8-5-9-14-19/h4-9,11-14,17,20H,3,10,15-16H2,1-2H3/t17-/m1/s1. The van der Waals surface area contributed by atoms with Crippen LogP contribution < -0.4 is 0 Å². The molecule has 0 spiro atoms. The number of halogens is 1. The van der Waals surface area contributed by atoms with Gasteiger partial charge in [-0.2, -0.15) is 0 Å². The van der Waals surface area contributed by atoms with Gasteiger partial charge in [0.05, 0.1) is 6.04 Å². The van der Waals surface area contributed by atoms with Gasteiger partial charge in [0.25, 0.3) is 0 Å². The van der Waals surface area contributed by atoms with Crippen LogP contribution in [0.25, 0.3) is 0 Å². The minimum absolute atomic E-state index is 0.266. The van der Waals surface area contributed by atoms with Gasteiger partial charge in [-0.15, -0.1) is 11.6 Å². The Kier molecular flexibility index (Phi) is 6.95. The van der Waals surface area contributed by atoms with Gasteiger partial charge in [-0.1, -0.05) is 74.0 Å². The third-order valence-electron chi connectivity index (χ3n) is 4.18. The molecule has 0 amide bonds. The van der Waals surface area contributed by atoms with Crippen molar-refractivity contribution in [3.8, 4) is 0 Å². The summed E-state index contributed by atoms with van der Waals surface area (Å²) < 4.78 is 0. The van der Waals surface area contributed by atoms with Gasteiger partial charge in [-0.05, 0) is 24.5 Å². The van der Waals surface area contributed by atoms with E-state index in [-0.39, 0.29) is 6.04 Å². The summed E-state index contributed by atoms with van der Waals surface area (Å²) in [6.07, 6.45) is 2.38. The van der Waals surface area contributed by atoms with Gasteiger partial charge < -0.3 is 0 Å². The highest BCUT2D eigenvalue weighted by molar-refractivity contribution is 6.18. The zero-order valence-electron chi connectivity index (χ0n) is 13.6. The normalized spacial score (nSPS) is 12.8. The van der Waals surface area contributed by atoms with Crippen LogP contribution >= 0.6 is 11.6 Å². The smallest absolute Gasteiger partial charge is 0.0604 e. The van der Waals surface area contributed by atoms with Crippen LogP contribution in [-0.4, -0.2) is 23.4 Å². The molecule has 1 nitrogen and oxygen atoms in total. The summed E-state index contributed by atoms with van der Waals surface area (Å²) in [4.78, 5) is 2.54. The van der Waals surface area contributed by atoms with E-state index in [4.69, 9.17) is 11.6 Å². The van der Waals surface area contributed by atoms with Crippen molar-refractivity contribution in [1.82, 2.24) is 4.90 Å². The van der Waals surface area contributed by atoms with Gasteiger partial charge in [0.15, 0.2) is 0 Å². The van der Waals surface area contributed by atoms with Gasteiger partial charge in [0.1, 0.15) is 0 Å². The molecule has 2 aromatic rings. The quantitative estimate of drug-likeness (QED) is 0.581. The lowest BCUT2D eigenvalue weighted by molar-refractivity contribution is 0.168. The molecule has 0 saturated heterocycles. The maximum atomic E-state index is 6.12. The van der Waals surface area contributed by atoms with Gasteiger partial charge in [0.2, 0.25) is 0 Å². The molecule has 1 atom stereocenters. The number of nitrogens with zero attached hydrogens (tertiary/aromatic N) is 1. The lowest BCUT2D eigenvalue weighted by atomic mass is 9.95. The van der Waals surface area contributed by atoms with Crippen LogP contribution in [0.2, 0.25) is 0 Å². The summed E-state index contributed by atoms with van der Waals surface area (Å²) in [5.41, 5.74) is 2.67. The topological polar surface area (TPSA) is 3.24 Å². The Morgan fingerprint density at radius 1 is 0.909 bits per heavy atom. The minimum Gasteiger partial charge on any atom is -0.288 e. The summed E-state index contributed by atoms with van der Waals surface area (Å²) >= 11 is 6.12. The highest BCUT2D eigenvalue weighted by atomic mass is 35.5.